The molecule has 0 spiro atoms. The van der Waals surface area contributed by atoms with Crippen LogP contribution in [0.25, 0.3) is 11.0 Å². The normalized spacial score (nSPS) is 10.9. The highest BCUT2D eigenvalue weighted by atomic mass is 32.1. The van der Waals surface area contributed by atoms with Gasteiger partial charge in [-0.2, -0.15) is 0 Å². The predicted molar refractivity (Wildman–Crippen MR) is 63.9 cm³/mol. The number of hydrogen-bond donors (Lipinski definition) is 1. The first kappa shape index (κ1) is 11.1. The highest BCUT2D eigenvalue weighted by molar-refractivity contribution is 7.71. The molecular weight excluding hydrogens is 227 g/mol. The summed E-state index contributed by atoms with van der Waals surface area (Å²) in [6.07, 6.45) is 0.973. The minimum Gasteiger partial charge on any atom is -0.494 e. The molecule has 1 aromatic carbocycles. The zero-order chi connectivity index (χ0) is 11.7. The number of rotatable bonds is 3. The zero-order valence-corrected chi connectivity index (χ0v) is 10.0. The highest BCUT2D eigenvalue weighted by Gasteiger charge is 2.09. The van der Waals surface area contributed by atoms with Crippen LogP contribution < -0.4 is 4.74 Å². The summed E-state index contributed by atoms with van der Waals surface area (Å²) < 4.78 is 21.0. The van der Waals surface area contributed by atoms with E-state index in [0.717, 1.165) is 18.5 Å². The molecule has 0 saturated heterocycles. The van der Waals surface area contributed by atoms with Gasteiger partial charge >= 0.3 is 0 Å². The Labute approximate surface area is 97.8 Å². The summed E-state index contributed by atoms with van der Waals surface area (Å²) in [5.41, 5.74) is 1.59. The Morgan fingerprint density at radius 1 is 1.50 bits per heavy atom. The van der Waals surface area contributed by atoms with Crippen LogP contribution in [0.15, 0.2) is 12.1 Å². The van der Waals surface area contributed by atoms with Crippen molar-refractivity contribution < 1.29 is 9.13 Å². The second-order valence-electron chi connectivity index (χ2n) is 3.59. The van der Waals surface area contributed by atoms with Gasteiger partial charge in [-0.15, -0.1) is 0 Å². The second kappa shape index (κ2) is 4.25. The molecule has 0 aliphatic rings. The third kappa shape index (κ3) is 1.71. The summed E-state index contributed by atoms with van der Waals surface area (Å²) in [6.45, 7) is 2.88. The lowest BCUT2D eigenvalue weighted by molar-refractivity contribution is 0.387. The van der Waals surface area contributed by atoms with Gasteiger partial charge in [0.25, 0.3) is 0 Å². The molecule has 1 N–H and O–H groups in total. The molecule has 0 aliphatic heterocycles. The lowest BCUT2D eigenvalue weighted by atomic mass is 10.3. The fraction of sp³-hybridized carbons (Fsp3) is 0.364. The van der Waals surface area contributed by atoms with Crippen LogP contribution >= 0.6 is 12.2 Å². The van der Waals surface area contributed by atoms with Crippen molar-refractivity contribution in [2.45, 2.75) is 19.9 Å². The monoisotopic (exact) mass is 240 g/mol. The SMILES string of the molecule is CCCn1c(=S)[nH]c2cc(F)c(OC)cc21. The van der Waals surface area contributed by atoms with Crippen LogP contribution in [0, 0.1) is 10.6 Å². The third-order valence-corrected chi connectivity index (χ3v) is 2.82. The largest absolute Gasteiger partial charge is 0.494 e. The Morgan fingerprint density at radius 3 is 2.88 bits per heavy atom. The van der Waals surface area contributed by atoms with E-state index in [4.69, 9.17) is 17.0 Å². The molecule has 2 aromatic rings. The van der Waals surface area contributed by atoms with Crippen LogP contribution in [0.1, 0.15) is 13.3 Å². The summed E-state index contributed by atoms with van der Waals surface area (Å²) in [4.78, 5) is 2.99. The number of nitrogens with one attached hydrogen (secondary N) is 1. The van der Waals surface area contributed by atoms with E-state index in [-0.39, 0.29) is 11.6 Å². The van der Waals surface area contributed by atoms with Crippen LogP contribution in [0.5, 0.6) is 5.75 Å². The number of aryl methyl sites for hydroxylation is 1. The molecule has 0 aliphatic carbocycles. The minimum atomic E-state index is -0.380. The van der Waals surface area contributed by atoms with Gasteiger partial charge in [0.1, 0.15) is 0 Å². The van der Waals surface area contributed by atoms with Gasteiger partial charge in [-0.25, -0.2) is 4.39 Å². The first-order chi connectivity index (χ1) is 7.67. The van der Waals surface area contributed by atoms with Gasteiger partial charge in [-0.3, -0.25) is 0 Å². The summed E-state index contributed by atoms with van der Waals surface area (Å²) in [6, 6.07) is 3.09. The zero-order valence-electron chi connectivity index (χ0n) is 9.21. The fourth-order valence-corrected chi connectivity index (χ4v) is 2.06. The van der Waals surface area contributed by atoms with Crippen molar-refractivity contribution in [3.63, 3.8) is 0 Å². The van der Waals surface area contributed by atoms with Crippen molar-refractivity contribution in [2.24, 2.45) is 0 Å². The number of nitrogens with zero attached hydrogens (tertiary/aromatic N) is 1. The van der Waals surface area contributed by atoms with Gasteiger partial charge in [0.2, 0.25) is 0 Å². The number of H-pyrrole nitrogens is 1. The molecule has 0 saturated carbocycles. The molecule has 1 heterocycles. The number of aromatic amines is 1. The van der Waals surface area contributed by atoms with E-state index < -0.39 is 0 Å². The van der Waals surface area contributed by atoms with Crippen LogP contribution in [-0.4, -0.2) is 16.7 Å². The molecule has 0 atom stereocenters. The van der Waals surface area contributed by atoms with Crippen LogP contribution in [0.2, 0.25) is 0 Å². The van der Waals surface area contributed by atoms with Gasteiger partial charge in [0.05, 0.1) is 18.1 Å². The molecule has 2 rings (SSSR count). The Morgan fingerprint density at radius 2 is 2.25 bits per heavy atom. The number of benzene rings is 1. The van der Waals surface area contributed by atoms with Crippen LogP contribution in [0.3, 0.4) is 0 Å². The Bertz CT molecular complexity index is 573. The van der Waals surface area contributed by atoms with Crippen molar-refractivity contribution in [2.75, 3.05) is 7.11 Å². The summed E-state index contributed by atoms with van der Waals surface area (Å²) >= 11 is 5.19. The summed E-state index contributed by atoms with van der Waals surface area (Å²) in [5, 5.41) is 0. The van der Waals surface area contributed by atoms with Crippen molar-refractivity contribution in [3.05, 3.63) is 22.7 Å². The van der Waals surface area contributed by atoms with E-state index >= 15 is 0 Å². The highest BCUT2D eigenvalue weighted by Crippen LogP contribution is 2.24. The van der Waals surface area contributed by atoms with Crippen molar-refractivity contribution in [3.8, 4) is 5.75 Å². The molecule has 16 heavy (non-hydrogen) atoms. The average molecular weight is 240 g/mol. The topological polar surface area (TPSA) is 29.9 Å². The van der Waals surface area contributed by atoms with Crippen molar-refractivity contribution in [1.29, 1.82) is 0 Å². The Hall–Kier alpha value is -1.36. The average Bonchev–Trinajstić information content (AvgIpc) is 2.54. The summed E-state index contributed by atoms with van der Waals surface area (Å²) in [5.74, 6) is -0.138. The van der Waals surface area contributed by atoms with E-state index in [0.29, 0.717) is 10.3 Å². The standard InChI is InChI=1S/C11H13FN2OS/c1-3-4-14-9-6-10(15-2)7(12)5-8(9)13-11(14)16/h5-6H,3-4H2,1-2H3,(H,13,16). The predicted octanol–water partition coefficient (Wildman–Crippen LogP) is 3.26. The molecule has 0 bridgehead atoms. The maximum absolute atomic E-state index is 13.5. The van der Waals surface area contributed by atoms with Crippen molar-refractivity contribution >= 4 is 23.3 Å². The lowest BCUT2D eigenvalue weighted by Crippen LogP contribution is -1.97. The molecule has 86 valence electrons. The van der Waals surface area contributed by atoms with Gasteiger partial charge in [0, 0.05) is 18.7 Å². The molecule has 5 heteroatoms. The molecule has 0 unspecified atom stereocenters. The number of fused-ring (bicyclic) bond motifs is 1. The fourth-order valence-electron chi connectivity index (χ4n) is 1.76. The maximum Gasteiger partial charge on any atom is 0.178 e. The number of hydrogen-bond acceptors (Lipinski definition) is 2. The first-order valence-corrected chi connectivity index (χ1v) is 5.54. The van der Waals surface area contributed by atoms with Gasteiger partial charge in [0.15, 0.2) is 16.3 Å². The number of imidazole rings is 1. The van der Waals surface area contributed by atoms with E-state index in [9.17, 15) is 4.39 Å². The molecule has 1 aromatic heterocycles. The lowest BCUT2D eigenvalue weighted by Gasteiger charge is -2.04. The quantitative estimate of drug-likeness (QED) is 0.835. The summed E-state index contributed by atoms with van der Waals surface area (Å²) in [7, 11) is 1.45. The Balaban J connectivity index is 2.72. The Kier molecular flexibility index (Phi) is 2.96. The maximum atomic E-state index is 13.5. The van der Waals surface area contributed by atoms with Crippen molar-refractivity contribution in [1.82, 2.24) is 9.55 Å². The van der Waals surface area contributed by atoms with Gasteiger partial charge < -0.3 is 14.3 Å². The molecule has 3 nitrogen and oxygen atoms in total. The van der Waals surface area contributed by atoms with Crippen LogP contribution in [0.4, 0.5) is 4.39 Å². The number of methoxy groups -OCH3 is 1. The molecular formula is C11H13FN2OS. The van der Waals surface area contributed by atoms with E-state index in [1.807, 2.05) is 4.57 Å². The molecule has 0 radical (unpaired) electrons. The number of ether oxygens (including phenoxy) is 1. The van der Waals surface area contributed by atoms with Gasteiger partial charge in [-0.05, 0) is 18.6 Å². The van der Waals surface area contributed by atoms with E-state index in [2.05, 4.69) is 11.9 Å². The first-order valence-electron chi connectivity index (χ1n) is 5.13. The van der Waals surface area contributed by atoms with E-state index in [1.54, 1.807) is 6.07 Å². The smallest absolute Gasteiger partial charge is 0.178 e. The number of halogens is 1. The minimum absolute atomic E-state index is 0.242. The molecule has 0 fully saturated rings. The number of aromatic nitrogens is 2. The molecule has 0 amide bonds. The van der Waals surface area contributed by atoms with Gasteiger partial charge in [-0.1, -0.05) is 6.92 Å². The van der Waals surface area contributed by atoms with Crippen LogP contribution in [-0.2, 0) is 6.54 Å². The third-order valence-electron chi connectivity index (χ3n) is 2.49. The van der Waals surface area contributed by atoms with E-state index in [1.165, 1.54) is 13.2 Å². The second-order valence-corrected chi connectivity index (χ2v) is 3.97.